The highest BCUT2D eigenvalue weighted by atomic mass is 16.4. The molecule has 1 heterocycles. The second-order valence-electron chi connectivity index (χ2n) is 5.81. The molecule has 6 nitrogen and oxygen atoms in total. The van der Waals surface area contributed by atoms with E-state index in [0.717, 1.165) is 0 Å². The summed E-state index contributed by atoms with van der Waals surface area (Å²) in [5, 5.41) is 9.15. The molecule has 1 N–H and O–H groups in total. The molecule has 0 saturated heterocycles. The summed E-state index contributed by atoms with van der Waals surface area (Å²) in [6, 6.07) is 8.29. The Kier molecular flexibility index (Phi) is 4.83. The first-order valence-electron chi connectivity index (χ1n) is 7.42. The summed E-state index contributed by atoms with van der Waals surface area (Å²) in [4.78, 5) is 38.6. The van der Waals surface area contributed by atoms with Gasteiger partial charge in [0.2, 0.25) is 5.91 Å². The number of hydrogen-bond donors (Lipinski definition) is 1. The Labute approximate surface area is 135 Å². The Morgan fingerprint density at radius 2 is 1.83 bits per heavy atom. The Hall–Kier alpha value is -2.63. The van der Waals surface area contributed by atoms with Gasteiger partial charge in [-0.05, 0) is 11.5 Å². The Morgan fingerprint density at radius 3 is 2.30 bits per heavy atom. The lowest BCUT2D eigenvalue weighted by Crippen LogP contribution is -2.55. The zero-order valence-electron chi connectivity index (χ0n) is 13.4. The van der Waals surface area contributed by atoms with Gasteiger partial charge >= 0.3 is 5.97 Å². The number of aliphatic carboxylic acids is 1. The predicted octanol–water partition coefficient (Wildman–Crippen LogP) is 1.78. The molecule has 0 aliphatic carbocycles. The van der Waals surface area contributed by atoms with Crippen LogP contribution >= 0.6 is 0 Å². The van der Waals surface area contributed by atoms with Gasteiger partial charge in [-0.1, -0.05) is 44.2 Å². The molecule has 0 bridgehead atoms. The lowest BCUT2D eigenvalue weighted by molar-refractivity contribution is -0.148. The summed E-state index contributed by atoms with van der Waals surface area (Å²) >= 11 is 0. The first-order valence-corrected chi connectivity index (χ1v) is 7.42. The van der Waals surface area contributed by atoms with Crippen LogP contribution in [0.1, 0.15) is 26.3 Å². The van der Waals surface area contributed by atoms with Crippen LogP contribution in [-0.4, -0.2) is 45.3 Å². The highest BCUT2D eigenvalue weighted by Crippen LogP contribution is 2.29. The highest BCUT2D eigenvalue weighted by molar-refractivity contribution is 5.98. The second kappa shape index (κ2) is 6.64. The van der Waals surface area contributed by atoms with Gasteiger partial charge in [-0.15, -0.1) is 0 Å². The molecule has 1 aliphatic heterocycles. The van der Waals surface area contributed by atoms with Crippen molar-refractivity contribution in [2.24, 2.45) is 5.92 Å². The molecule has 23 heavy (non-hydrogen) atoms. The van der Waals surface area contributed by atoms with E-state index in [1.807, 2.05) is 19.9 Å². The van der Waals surface area contributed by atoms with Crippen LogP contribution in [0.5, 0.6) is 0 Å². The minimum Gasteiger partial charge on any atom is -0.480 e. The number of benzene rings is 1. The van der Waals surface area contributed by atoms with Crippen molar-refractivity contribution in [3.05, 3.63) is 42.1 Å². The van der Waals surface area contributed by atoms with E-state index in [2.05, 4.69) is 0 Å². The van der Waals surface area contributed by atoms with Crippen molar-refractivity contribution in [3.8, 4) is 0 Å². The van der Waals surface area contributed by atoms with Crippen molar-refractivity contribution in [1.29, 1.82) is 0 Å². The van der Waals surface area contributed by atoms with Crippen molar-refractivity contribution < 1.29 is 19.5 Å². The molecule has 1 aromatic rings. The van der Waals surface area contributed by atoms with Gasteiger partial charge < -0.3 is 10.0 Å². The summed E-state index contributed by atoms with van der Waals surface area (Å²) in [5.74, 6) is -1.85. The maximum absolute atomic E-state index is 12.8. The number of nitrogens with zero attached hydrogens (tertiary/aromatic N) is 2. The van der Waals surface area contributed by atoms with E-state index < -0.39 is 18.6 Å². The zero-order chi connectivity index (χ0) is 17.1. The van der Waals surface area contributed by atoms with Crippen molar-refractivity contribution in [3.63, 3.8) is 0 Å². The maximum atomic E-state index is 12.8. The van der Waals surface area contributed by atoms with Gasteiger partial charge in [0.15, 0.2) is 0 Å². The van der Waals surface area contributed by atoms with E-state index in [4.69, 9.17) is 5.11 Å². The van der Waals surface area contributed by atoms with E-state index in [9.17, 15) is 14.4 Å². The summed E-state index contributed by atoms with van der Waals surface area (Å²) in [6.45, 7) is 4.63. The fraction of sp³-hybridized carbons (Fsp3) is 0.353. The first-order chi connectivity index (χ1) is 10.8. The lowest BCUT2D eigenvalue weighted by Gasteiger charge is -2.40. The average molecular weight is 316 g/mol. The van der Waals surface area contributed by atoms with E-state index in [1.165, 1.54) is 16.7 Å². The minimum absolute atomic E-state index is 0.128. The maximum Gasteiger partial charge on any atom is 0.323 e. The monoisotopic (exact) mass is 316 g/mol. The van der Waals surface area contributed by atoms with Crippen LogP contribution in [0.25, 0.3) is 5.70 Å². The smallest absolute Gasteiger partial charge is 0.323 e. The molecule has 0 fully saturated rings. The molecule has 0 spiro atoms. The quantitative estimate of drug-likeness (QED) is 0.918. The highest BCUT2D eigenvalue weighted by Gasteiger charge is 2.39. The molecule has 0 radical (unpaired) electrons. The van der Waals surface area contributed by atoms with E-state index in [0.29, 0.717) is 11.3 Å². The Morgan fingerprint density at radius 1 is 1.22 bits per heavy atom. The van der Waals surface area contributed by atoms with Crippen LogP contribution in [-0.2, 0) is 14.4 Å². The summed E-state index contributed by atoms with van der Waals surface area (Å²) in [6.07, 6.45) is 1.58. The van der Waals surface area contributed by atoms with Crippen LogP contribution < -0.4 is 0 Å². The van der Waals surface area contributed by atoms with Crippen LogP contribution in [0.2, 0.25) is 0 Å². The molecular weight excluding hydrogens is 296 g/mol. The molecule has 0 aromatic heterocycles. The number of hydrogen-bond acceptors (Lipinski definition) is 3. The second-order valence-corrected chi connectivity index (χ2v) is 5.81. The topological polar surface area (TPSA) is 77.9 Å². The number of rotatable bonds is 4. The molecule has 1 atom stereocenters. The zero-order valence-corrected chi connectivity index (χ0v) is 13.4. The van der Waals surface area contributed by atoms with Gasteiger partial charge in [0.25, 0.3) is 5.91 Å². The number of carbonyl (C=O) groups excluding carboxylic acids is 2. The molecular formula is C17H20N2O4. The van der Waals surface area contributed by atoms with Crippen molar-refractivity contribution >= 4 is 23.5 Å². The van der Waals surface area contributed by atoms with Gasteiger partial charge in [0.05, 0.1) is 5.70 Å². The molecule has 0 saturated carbocycles. The average Bonchev–Trinajstić information content (AvgIpc) is 2.48. The largest absolute Gasteiger partial charge is 0.480 e. The first kappa shape index (κ1) is 16.7. The van der Waals surface area contributed by atoms with Gasteiger partial charge in [-0.25, -0.2) is 0 Å². The van der Waals surface area contributed by atoms with Crippen LogP contribution in [0.3, 0.4) is 0 Å². The molecule has 2 amide bonds. The van der Waals surface area contributed by atoms with E-state index >= 15 is 0 Å². The van der Waals surface area contributed by atoms with Crippen LogP contribution in [0, 0.1) is 5.92 Å². The molecule has 1 aromatic carbocycles. The SMILES string of the molecule is CC(=O)N1C=C(c2ccccc2)N(CC(=O)O)C(=O)[C@@H]1C(C)C. The molecule has 1 aliphatic rings. The van der Waals surface area contributed by atoms with E-state index in [-0.39, 0.29) is 17.7 Å². The summed E-state index contributed by atoms with van der Waals surface area (Å²) in [5.41, 5.74) is 1.11. The third kappa shape index (κ3) is 3.41. The minimum atomic E-state index is -1.10. The summed E-state index contributed by atoms with van der Waals surface area (Å²) < 4.78 is 0. The van der Waals surface area contributed by atoms with Crippen molar-refractivity contribution in [2.45, 2.75) is 26.8 Å². The van der Waals surface area contributed by atoms with Gasteiger partial charge in [-0.3, -0.25) is 19.3 Å². The van der Waals surface area contributed by atoms with Gasteiger partial charge in [0.1, 0.15) is 12.6 Å². The Bertz CT molecular complexity index is 652. The number of carboxylic acid groups (broad SMARTS) is 1. The third-order valence-corrected chi connectivity index (χ3v) is 3.73. The third-order valence-electron chi connectivity index (χ3n) is 3.73. The Balaban J connectivity index is 2.57. The summed E-state index contributed by atoms with van der Waals surface area (Å²) in [7, 11) is 0. The van der Waals surface area contributed by atoms with E-state index in [1.54, 1.807) is 30.5 Å². The van der Waals surface area contributed by atoms with Crippen LogP contribution in [0.4, 0.5) is 0 Å². The van der Waals surface area contributed by atoms with Gasteiger partial charge in [0, 0.05) is 13.1 Å². The number of carboxylic acids is 1. The van der Waals surface area contributed by atoms with Crippen LogP contribution in [0.15, 0.2) is 36.5 Å². The molecule has 122 valence electrons. The number of carbonyl (C=O) groups is 3. The molecule has 0 unspecified atom stereocenters. The molecule has 2 rings (SSSR count). The van der Waals surface area contributed by atoms with Crippen molar-refractivity contribution in [1.82, 2.24) is 9.80 Å². The lowest BCUT2D eigenvalue weighted by atomic mass is 9.97. The number of amides is 2. The fourth-order valence-electron chi connectivity index (χ4n) is 2.71. The fourth-order valence-corrected chi connectivity index (χ4v) is 2.71. The normalized spacial score (nSPS) is 18.2. The van der Waals surface area contributed by atoms with Crippen molar-refractivity contribution in [2.75, 3.05) is 6.54 Å². The predicted molar refractivity (Wildman–Crippen MR) is 84.9 cm³/mol. The standard InChI is InChI=1S/C17H20N2O4/c1-11(2)16-17(23)19(10-15(21)22)14(9-18(16)12(3)20)13-7-5-4-6-8-13/h4-9,11,16H,10H2,1-3H3,(H,21,22)/t16-/m0/s1. The molecule has 6 heteroatoms. The van der Waals surface area contributed by atoms with Gasteiger partial charge in [-0.2, -0.15) is 0 Å².